The van der Waals surface area contributed by atoms with Crippen molar-refractivity contribution in [2.75, 3.05) is 26.9 Å². The van der Waals surface area contributed by atoms with E-state index in [-0.39, 0.29) is 12.4 Å². The Kier molecular flexibility index (Phi) is 10.5. The Morgan fingerprint density at radius 3 is 2.50 bits per heavy atom. The lowest BCUT2D eigenvalue weighted by molar-refractivity contribution is -0.137. The number of rotatable bonds is 15. The number of fused-ring (bicyclic) bond motifs is 1. The second-order valence-corrected chi connectivity index (χ2v) is 7.96. The Morgan fingerprint density at radius 2 is 1.84 bits per heavy atom. The molecule has 0 atom stereocenters. The van der Waals surface area contributed by atoms with Crippen LogP contribution in [0.1, 0.15) is 74.0 Å². The van der Waals surface area contributed by atoms with Gasteiger partial charge in [0.15, 0.2) is 0 Å². The number of ether oxygens (including phenoxy) is 3. The average molecular weight is 448 g/mol. The highest BCUT2D eigenvalue weighted by molar-refractivity contribution is 6.06. The van der Waals surface area contributed by atoms with Gasteiger partial charge in [-0.25, -0.2) is 4.79 Å². The molecule has 0 aliphatic carbocycles. The molecule has 7 nitrogen and oxygen atoms in total. The Labute approximate surface area is 190 Å². The van der Waals surface area contributed by atoms with Crippen LogP contribution in [0.2, 0.25) is 0 Å². The highest BCUT2D eigenvalue weighted by Crippen LogP contribution is 2.34. The first-order valence-electron chi connectivity index (χ1n) is 11.6. The molecule has 0 unspecified atom stereocenters. The van der Waals surface area contributed by atoms with Gasteiger partial charge >= 0.3 is 11.9 Å². The van der Waals surface area contributed by atoms with Crippen LogP contribution in [0.4, 0.5) is 0 Å². The van der Waals surface area contributed by atoms with Crippen LogP contribution in [0, 0.1) is 6.92 Å². The van der Waals surface area contributed by atoms with Gasteiger partial charge in [-0.05, 0) is 50.8 Å². The molecular formula is C25H37NO6. The van der Waals surface area contributed by atoms with Crippen LogP contribution in [0.15, 0.2) is 12.1 Å². The van der Waals surface area contributed by atoms with Gasteiger partial charge in [0.25, 0.3) is 0 Å². The van der Waals surface area contributed by atoms with Gasteiger partial charge in [0.1, 0.15) is 5.75 Å². The second kappa shape index (κ2) is 13.1. The maximum Gasteiger partial charge on any atom is 0.340 e. The lowest BCUT2D eigenvalue weighted by Gasteiger charge is -2.14. The molecule has 2 rings (SSSR count). The molecule has 0 saturated heterocycles. The zero-order valence-electron chi connectivity index (χ0n) is 19.9. The lowest BCUT2D eigenvalue weighted by atomic mass is 10.0. The molecule has 0 aliphatic rings. The summed E-state index contributed by atoms with van der Waals surface area (Å²) in [5.41, 5.74) is 3.43. The first-order chi connectivity index (χ1) is 15.4. The molecule has 32 heavy (non-hydrogen) atoms. The Balaban J connectivity index is 2.49. The number of aryl methyl sites for hydroxylation is 1. The predicted octanol–water partition coefficient (Wildman–Crippen LogP) is 5.14. The summed E-state index contributed by atoms with van der Waals surface area (Å²) in [5.74, 6) is -0.466. The number of aliphatic carboxylic acids is 1. The van der Waals surface area contributed by atoms with Gasteiger partial charge in [0, 0.05) is 36.7 Å². The van der Waals surface area contributed by atoms with E-state index in [2.05, 4.69) is 17.6 Å². The van der Waals surface area contributed by atoms with Crippen molar-refractivity contribution in [2.45, 2.75) is 72.3 Å². The Bertz CT molecular complexity index is 902. The van der Waals surface area contributed by atoms with Crippen molar-refractivity contribution >= 4 is 22.8 Å². The maximum atomic E-state index is 12.8. The molecule has 1 N–H and O–H groups in total. The first-order valence-corrected chi connectivity index (χ1v) is 11.6. The second-order valence-electron chi connectivity index (χ2n) is 7.96. The smallest absolute Gasteiger partial charge is 0.340 e. The van der Waals surface area contributed by atoms with E-state index in [9.17, 15) is 9.59 Å². The van der Waals surface area contributed by atoms with E-state index in [1.165, 1.54) is 12.8 Å². The molecule has 0 bridgehead atoms. The average Bonchev–Trinajstić information content (AvgIpc) is 3.02. The van der Waals surface area contributed by atoms with Crippen LogP contribution in [0.5, 0.6) is 5.75 Å². The summed E-state index contributed by atoms with van der Waals surface area (Å²) in [6.45, 7) is 7.69. The van der Waals surface area contributed by atoms with E-state index < -0.39 is 5.97 Å². The van der Waals surface area contributed by atoms with Gasteiger partial charge in [0.2, 0.25) is 0 Å². The number of nitrogens with zero attached hydrogens (tertiary/aromatic N) is 1. The van der Waals surface area contributed by atoms with Gasteiger partial charge in [-0.15, -0.1) is 0 Å². The van der Waals surface area contributed by atoms with Crippen LogP contribution in [0.3, 0.4) is 0 Å². The van der Waals surface area contributed by atoms with Crippen molar-refractivity contribution < 1.29 is 28.9 Å². The molecule has 7 heteroatoms. The summed E-state index contributed by atoms with van der Waals surface area (Å²) >= 11 is 0. The molecule has 0 saturated carbocycles. The van der Waals surface area contributed by atoms with E-state index in [0.29, 0.717) is 44.1 Å². The largest absolute Gasteiger partial charge is 0.493 e. The third-order valence-corrected chi connectivity index (χ3v) is 5.60. The number of hydrogen-bond acceptors (Lipinski definition) is 5. The molecule has 0 aliphatic heterocycles. The summed E-state index contributed by atoms with van der Waals surface area (Å²) in [7, 11) is 1.66. The third-order valence-electron chi connectivity index (χ3n) is 5.60. The van der Waals surface area contributed by atoms with Crippen LogP contribution in [-0.2, 0) is 27.2 Å². The molecule has 0 spiro atoms. The molecule has 178 valence electrons. The molecule has 2 aromatic rings. The summed E-state index contributed by atoms with van der Waals surface area (Å²) < 4.78 is 18.8. The quantitative estimate of drug-likeness (QED) is 0.300. The number of carboxylic acids is 1. The van der Waals surface area contributed by atoms with Crippen molar-refractivity contribution in [2.24, 2.45) is 0 Å². The van der Waals surface area contributed by atoms with Crippen molar-refractivity contribution in [1.29, 1.82) is 0 Å². The molecule has 0 radical (unpaired) electrons. The highest BCUT2D eigenvalue weighted by atomic mass is 16.5. The van der Waals surface area contributed by atoms with E-state index in [0.717, 1.165) is 41.4 Å². The topological polar surface area (TPSA) is 87.0 Å². The number of aromatic nitrogens is 1. The number of carbonyl (C=O) groups excluding carboxylic acids is 1. The van der Waals surface area contributed by atoms with Crippen molar-refractivity contribution in [3.05, 3.63) is 29.0 Å². The maximum absolute atomic E-state index is 12.8. The van der Waals surface area contributed by atoms with Crippen molar-refractivity contribution in [3.63, 3.8) is 0 Å². The summed E-state index contributed by atoms with van der Waals surface area (Å²) in [6, 6.07) is 4.03. The summed E-state index contributed by atoms with van der Waals surface area (Å²) in [5, 5.41) is 9.70. The van der Waals surface area contributed by atoms with E-state index in [4.69, 9.17) is 19.3 Å². The number of unbranched alkanes of at least 4 members (excludes halogenated alkanes) is 3. The SMILES string of the molecule is CCCCCCc1cc2c(cc1OCCCC(=O)O)c(C(=O)OCC)c(C)n2CCOC. The number of methoxy groups -OCH3 is 1. The molecule has 1 heterocycles. The fourth-order valence-corrected chi connectivity index (χ4v) is 3.95. The lowest BCUT2D eigenvalue weighted by Crippen LogP contribution is -2.09. The molecule has 0 amide bonds. The normalized spacial score (nSPS) is 11.1. The standard InChI is InChI=1S/C25H37NO6/c1-5-7-8-9-11-19-16-21-20(17-22(19)32-14-10-12-23(27)28)24(25(29)31-6-2)18(3)26(21)13-15-30-4/h16-17H,5-15H2,1-4H3,(H,27,28). The minimum Gasteiger partial charge on any atom is -0.493 e. The minimum atomic E-state index is -0.834. The van der Waals surface area contributed by atoms with E-state index in [1.807, 2.05) is 13.0 Å². The van der Waals surface area contributed by atoms with Crippen LogP contribution < -0.4 is 4.74 Å². The summed E-state index contributed by atoms with van der Waals surface area (Å²) in [6.07, 6.45) is 5.91. The van der Waals surface area contributed by atoms with Gasteiger partial charge in [-0.2, -0.15) is 0 Å². The van der Waals surface area contributed by atoms with Gasteiger partial charge in [0.05, 0.1) is 25.4 Å². The van der Waals surface area contributed by atoms with E-state index in [1.54, 1.807) is 14.0 Å². The van der Waals surface area contributed by atoms with Gasteiger partial charge < -0.3 is 23.9 Å². The minimum absolute atomic E-state index is 0.0641. The summed E-state index contributed by atoms with van der Waals surface area (Å²) in [4.78, 5) is 23.6. The molecule has 0 fully saturated rings. The van der Waals surface area contributed by atoms with Crippen molar-refractivity contribution in [1.82, 2.24) is 4.57 Å². The zero-order chi connectivity index (χ0) is 23.5. The fraction of sp³-hybridized carbons (Fsp3) is 0.600. The van der Waals surface area contributed by atoms with Crippen molar-refractivity contribution in [3.8, 4) is 5.75 Å². The van der Waals surface area contributed by atoms with Crippen LogP contribution in [-0.4, -0.2) is 48.5 Å². The molecular weight excluding hydrogens is 410 g/mol. The Hall–Kier alpha value is -2.54. The fourth-order valence-electron chi connectivity index (χ4n) is 3.95. The number of carbonyl (C=O) groups is 2. The zero-order valence-corrected chi connectivity index (χ0v) is 19.9. The van der Waals surface area contributed by atoms with Crippen LogP contribution in [0.25, 0.3) is 10.9 Å². The number of hydrogen-bond donors (Lipinski definition) is 1. The van der Waals surface area contributed by atoms with Gasteiger partial charge in [-0.3, -0.25) is 4.79 Å². The van der Waals surface area contributed by atoms with Gasteiger partial charge in [-0.1, -0.05) is 26.2 Å². The number of esters is 1. The number of carboxylic acid groups (broad SMARTS) is 1. The first kappa shape index (κ1) is 25.7. The predicted molar refractivity (Wildman–Crippen MR) is 125 cm³/mol. The highest BCUT2D eigenvalue weighted by Gasteiger charge is 2.23. The number of benzene rings is 1. The molecule has 1 aromatic heterocycles. The monoisotopic (exact) mass is 447 g/mol. The third kappa shape index (κ3) is 6.73. The van der Waals surface area contributed by atoms with Crippen LogP contribution >= 0.6 is 0 Å². The Morgan fingerprint density at radius 1 is 1.06 bits per heavy atom. The van der Waals surface area contributed by atoms with E-state index >= 15 is 0 Å². The molecule has 1 aromatic carbocycles.